The first-order valence-electron chi connectivity index (χ1n) is 2.88. The molecule has 0 saturated heterocycles. The minimum absolute atomic E-state index is 0.0764. The van der Waals surface area contributed by atoms with Gasteiger partial charge in [-0.25, -0.2) is 0 Å². The lowest BCUT2D eigenvalue weighted by atomic mass is 10.2. The summed E-state index contributed by atoms with van der Waals surface area (Å²) in [5, 5.41) is 7.05. The Labute approximate surface area is 54.3 Å². The highest BCUT2D eigenvalue weighted by molar-refractivity contribution is 5.98. The van der Waals surface area contributed by atoms with Crippen molar-refractivity contribution in [2.45, 2.75) is 19.8 Å². The summed E-state index contributed by atoms with van der Waals surface area (Å²) in [5.74, 6) is -0.457. The van der Waals surface area contributed by atoms with E-state index in [0.29, 0.717) is 12.1 Å². The van der Waals surface area contributed by atoms with Crippen LogP contribution in [0.2, 0.25) is 0 Å². The van der Waals surface area contributed by atoms with E-state index in [4.69, 9.17) is 5.41 Å². The molecule has 0 spiro atoms. The Morgan fingerprint density at radius 2 is 2.22 bits per heavy atom. The number of rotatable bonds is 3. The average Bonchev–Trinajstić information content (AvgIpc) is 1.87. The van der Waals surface area contributed by atoms with Crippen molar-refractivity contribution < 1.29 is 4.39 Å². The van der Waals surface area contributed by atoms with Gasteiger partial charge in [0.25, 0.3) is 0 Å². The quantitative estimate of drug-likeness (QED) is 0.565. The highest BCUT2D eigenvalue weighted by Gasteiger charge is 1.97. The highest BCUT2D eigenvalue weighted by atomic mass is 19.1. The molecule has 0 unspecified atom stereocenters. The molecule has 0 fully saturated rings. The monoisotopic (exact) mass is 130 g/mol. The maximum atomic E-state index is 12.2. The van der Waals surface area contributed by atoms with Crippen molar-refractivity contribution in [3.8, 4) is 0 Å². The standard InChI is InChI=1S/C6H11FN2/c1-3-5(8)4-6(7)9-2/h8H,3-4H2,1-2H3. The third-order valence-electron chi connectivity index (χ3n) is 1.03. The van der Waals surface area contributed by atoms with Crippen LogP contribution in [0, 0.1) is 5.41 Å². The molecular weight excluding hydrogens is 119 g/mol. The van der Waals surface area contributed by atoms with Crippen molar-refractivity contribution >= 4 is 11.7 Å². The predicted octanol–water partition coefficient (Wildman–Crippen LogP) is 1.80. The van der Waals surface area contributed by atoms with Crippen molar-refractivity contribution in [2.24, 2.45) is 4.99 Å². The van der Waals surface area contributed by atoms with Gasteiger partial charge in [0.2, 0.25) is 0 Å². The first-order valence-corrected chi connectivity index (χ1v) is 2.88. The molecule has 9 heavy (non-hydrogen) atoms. The number of aliphatic imine (C=N–C) groups is 1. The van der Waals surface area contributed by atoms with Gasteiger partial charge in [0.05, 0.1) is 6.42 Å². The lowest BCUT2D eigenvalue weighted by Crippen LogP contribution is -2.00. The first kappa shape index (κ1) is 8.27. The minimum atomic E-state index is -0.457. The molecule has 0 aliphatic heterocycles. The molecule has 0 heterocycles. The smallest absolute Gasteiger partial charge is 0.189 e. The van der Waals surface area contributed by atoms with Crippen molar-refractivity contribution in [1.29, 1.82) is 5.41 Å². The molecule has 0 aliphatic rings. The molecular formula is C6H11FN2. The summed E-state index contributed by atoms with van der Waals surface area (Å²) in [5.41, 5.74) is 0.387. The van der Waals surface area contributed by atoms with Gasteiger partial charge in [-0.1, -0.05) is 6.92 Å². The molecule has 2 nitrogen and oxygen atoms in total. The normalized spacial score (nSPS) is 11.7. The van der Waals surface area contributed by atoms with E-state index in [0.717, 1.165) is 0 Å². The van der Waals surface area contributed by atoms with E-state index in [1.54, 1.807) is 0 Å². The maximum absolute atomic E-state index is 12.2. The molecule has 0 amide bonds. The molecule has 3 heteroatoms. The van der Waals surface area contributed by atoms with Crippen LogP contribution in [0.1, 0.15) is 19.8 Å². The van der Waals surface area contributed by atoms with Crippen molar-refractivity contribution in [3.05, 3.63) is 0 Å². The fourth-order valence-corrected chi connectivity index (χ4v) is 0.380. The van der Waals surface area contributed by atoms with Gasteiger partial charge in [-0.15, -0.1) is 0 Å². The molecule has 0 aliphatic carbocycles. The summed E-state index contributed by atoms with van der Waals surface area (Å²) in [6.45, 7) is 1.82. The summed E-state index contributed by atoms with van der Waals surface area (Å²) >= 11 is 0. The van der Waals surface area contributed by atoms with E-state index in [1.165, 1.54) is 7.05 Å². The second-order valence-electron chi connectivity index (χ2n) is 1.73. The van der Waals surface area contributed by atoms with E-state index >= 15 is 0 Å². The highest BCUT2D eigenvalue weighted by Crippen LogP contribution is 1.93. The Morgan fingerprint density at radius 3 is 2.56 bits per heavy atom. The van der Waals surface area contributed by atoms with Crippen LogP contribution < -0.4 is 0 Å². The first-order chi connectivity index (χ1) is 4.20. The zero-order valence-corrected chi connectivity index (χ0v) is 5.74. The zero-order valence-electron chi connectivity index (χ0n) is 5.74. The number of halogens is 1. The maximum Gasteiger partial charge on any atom is 0.189 e. The Hall–Kier alpha value is -0.730. The van der Waals surface area contributed by atoms with Crippen LogP contribution in [0.5, 0.6) is 0 Å². The van der Waals surface area contributed by atoms with Gasteiger partial charge in [0.15, 0.2) is 5.97 Å². The Morgan fingerprint density at radius 1 is 1.67 bits per heavy atom. The van der Waals surface area contributed by atoms with Crippen molar-refractivity contribution in [2.75, 3.05) is 7.05 Å². The molecule has 0 bridgehead atoms. The molecule has 0 saturated carbocycles. The number of hydrogen-bond acceptors (Lipinski definition) is 2. The molecule has 1 N–H and O–H groups in total. The zero-order chi connectivity index (χ0) is 7.28. The van der Waals surface area contributed by atoms with Crippen LogP contribution >= 0.6 is 0 Å². The predicted molar refractivity (Wildman–Crippen MR) is 37.1 cm³/mol. The van der Waals surface area contributed by atoms with Crippen LogP contribution in [-0.2, 0) is 0 Å². The number of nitrogens with zero attached hydrogens (tertiary/aromatic N) is 1. The topological polar surface area (TPSA) is 36.2 Å². The van der Waals surface area contributed by atoms with E-state index in [9.17, 15) is 4.39 Å². The third-order valence-corrected chi connectivity index (χ3v) is 1.03. The summed E-state index contributed by atoms with van der Waals surface area (Å²) in [7, 11) is 1.39. The lowest BCUT2D eigenvalue weighted by molar-refractivity contribution is 0.782. The SMILES string of the molecule is CCC(=N)CC(F)=NC. The minimum Gasteiger partial charge on any atom is -0.309 e. The van der Waals surface area contributed by atoms with Gasteiger partial charge in [-0.2, -0.15) is 4.39 Å². The van der Waals surface area contributed by atoms with Gasteiger partial charge in [-0.05, 0) is 6.42 Å². The van der Waals surface area contributed by atoms with E-state index < -0.39 is 5.97 Å². The van der Waals surface area contributed by atoms with Crippen molar-refractivity contribution in [3.63, 3.8) is 0 Å². The van der Waals surface area contributed by atoms with Gasteiger partial charge in [0, 0.05) is 12.8 Å². The number of nitrogens with one attached hydrogen (secondary N) is 1. The largest absolute Gasteiger partial charge is 0.309 e. The fourth-order valence-electron chi connectivity index (χ4n) is 0.380. The molecule has 0 aromatic rings. The van der Waals surface area contributed by atoms with Crippen LogP contribution in [0.3, 0.4) is 0 Å². The van der Waals surface area contributed by atoms with Crippen LogP contribution in [-0.4, -0.2) is 18.7 Å². The van der Waals surface area contributed by atoms with Gasteiger partial charge < -0.3 is 5.41 Å². The second-order valence-corrected chi connectivity index (χ2v) is 1.73. The third kappa shape index (κ3) is 3.82. The summed E-state index contributed by atoms with van der Waals surface area (Å²) in [6.07, 6.45) is 0.677. The summed E-state index contributed by atoms with van der Waals surface area (Å²) < 4.78 is 12.2. The molecule has 0 atom stereocenters. The summed E-state index contributed by atoms with van der Waals surface area (Å²) in [4.78, 5) is 3.29. The van der Waals surface area contributed by atoms with Gasteiger partial charge in [-0.3, -0.25) is 4.99 Å². The van der Waals surface area contributed by atoms with E-state index in [1.807, 2.05) is 6.92 Å². The Bertz CT molecular complexity index is 129. The van der Waals surface area contributed by atoms with Crippen LogP contribution in [0.4, 0.5) is 4.39 Å². The number of hydrogen-bond donors (Lipinski definition) is 1. The molecule has 0 rings (SSSR count). The molecule has 0 aromatic carbocycles. The summed E-state index contributed by atoms with van der Waals surface area (Å²) in [6, 6.07) is 0. The van der Waals surface area contributed by atoms with Crippen LogP contribution in [0.15, 0.2) is 4.99 Å². The lowest BCUT2D eigenvalue weighted by Gasteiger charge is -1.93. The average molecular weight is 130 g/mol. The fraction of sp³-hybridized carbons (Fsp3) is 0.667. The van der Waals surface area contributed by atoms with Gasteiger partial charge in [0.1, 0.15) is 0 Å². The Balaban J connectivity index is 3.60. The van der Waals surface area contributed by atoms with E-state index in [-0.39, 0.29) is 6.42 Å². The van der Waals surface area contributed by atoms with E-state index in [2.05, 4.69) is 4.99 Å². The molecule has 0 aromatic heterocycles. The van der Waals surface area contributed by atoms with Crippen molar-refractivity contribution in [1.82, 2.24) is 0 Å². The Kier molecular flexibility index (Phi) is 3.84. The van der Waals surface area contributed by atoms with Crippen LogP contribution in [0.25, 0.3) is 0 Å². The second kappa shape index (κ2) is 4.18. The molecule has 0 radical (unpaired) electrons. The van der Waals surface area contributed by atoms with Gasteiger partial charge >= 0.3 is 0 Å². The molecule has 52 valence electrons.